The Balaban J connectivity index is 1.55. The minimum absolute atomic E-state index is 0.0113. The van der Waals surface area contributed by atoms with Crippen LogP contribution in [0.2, 0.25) is 0 Å². The first-order valence-corrected chi connectivity index (χ1v) is 12.4. The number of nitrogens with zero attached hydrogens (tertiary/aromatic N) is 2. The quantitative estimate of drug-likeness (QED) is 0.299. The van der Waals surface area contributed by atoms with E-state index in [9.17, 15) is 35.9 Å². The van der Waals surface area contributed by atoms with Crippen LogP contribution in [0.5, 0.6) is 5.75 Å². The fourth-order valence-corrected chi connectivity index (χ4v) is 4.19. The predicted molar refractivity (Wildman–Crippen MR) is 136 cm³/mol. The van der Waals surface area contributed by atoms with Gasteiger partial charge in [0.2, 0.25) is 5.91 Å². The number of halogens is 6. The second-order valence-electron chi connectivity index (χ2n) is 9.40. The summed E-state index contributed by atoms with van der Waals surface area (Å²) in [4.78, 5) is 31.9. The number of H-pyrrole nitrogens is 1. The Bertz CT molecular complexity index is 1480. The highest BCUT2D eigenvalue weighted by Gasteiger charge is 2.33. The number of nitrogens with one attached hydrogen (secondary N) is 2. The summed E-state index contributed by atoms with van der Waals surface area (Å²) in [5, 5.41) is 2.51. The average molecular weight is 579 g/mol. The van der Waals surface area contributed by atoms with E-state index < -0.39 is 29.5 Å². The van der Waals surface area contributed by atoms with Crippen molar-refractivity contribution in [3.8, 4) is 29.0 Å². The molecule has 1 fully saturated rings. The van der Waals surface area contributed by atoms with E-state index >= 15 is 0 Å². The number of ether oxygens (including phenoxy) is 1. The zero-order valence-corrected chi connectivity index (χ0v) is 21.6. The van der Waals surface area contributed by atoms with Crippen LogP contribution in [0.4, 0.5) is 32.0 Å². The summed E-state index contributed by atoms with van der Waals surface area (Å²) < 4.78 is 84.0. The van der Waals surface area contributed by atoms with Gasteiger partial charge < -0.3 is 19.9 Å². The first kappa shape index (κ1) is 29.5. The number of hydrogen-bond donors (Lipinski definition) is 2. The van der Waals surface area contributed by atoms with Gasteiger partial charge in [-0.05, 0) is 55.2 Å². The second-order valence-corrected chi connectivity index (χ2v) is 9.40. The topological polar surface area (TPSA) is 87.3 Å². The number of piperidine rings is 1. The molecular formula is C28H24F6N4O3. The number of likely N-dealkylation sites (tertiary alicyclic amines) is 1. The molecule has 1 aliphatic heterocycles. The van der Waals surface area contributed by atoms with Crippen LogP contribution in [0.1, 0.15) is 36.6 Å². The Hall–Kier alpha value is -4.47. The van der Waals surface area contributed by atoms with Crippen molar-refractivity contribution >= 4 is 17.5 Å². The third-order valence-corrected chi connectivity index (χ3v) is 6.43. The van der Waals surface area contributed by atoms with Crippen LogP contribution in [-0.2, 0) is 21.9 Å². The van der Waals surface area contributed by atoms with Crippen molar-refractivity contribution in [3.05, 3.63) is 65.5 Å². The molecule has 2 N–H and O–H groups in total. The SMILES string of the molecule is CC(=O)N1CCC(COc2ccc(-c3ncc(C(F)(F)F)[nH]3)cc2NC(=O)C#Cc2cccc(C(F)(F)F)c2)CC1. The number of carbonyl (C=O) groups is 2. The van der Waals surface area contributed by atoms with E-state index in [0.29, 0.717) is 32.1 Å². The van der Waals surface area contributed by atoms with Gasteiger partial charge in [-0.1, -0.05) is 12.0 Å². The molecule has 2 aromatic carbocycles. The molecule has 0 saturated carbocycles. The molecule has 1 aromatic heterocycles. The number of carbonyl (C=O) groups excluding carboxylic acids is 2. The summed E-state index contributed by atoms with van der Waals surface area (Å²) in [5.74, 6) is 3.94. The highest BCUT2D eigenvalue weighted by Crippen LogP contribution is 2.34. The van der Waals surface area contributed by atoms with Crippen LogP contribution in [-0.4, -0.2) is 46.4 Å². The van der Waals surface area contributed by atoms with Crippen molar-refractivity contribution in [2.24, 2.45) is 5.92 Å². The zero-order chi connectivity index (χ0) is 29.8. The van der Waals surface area contributed by atoms with Crippen LogP contribution < -0.4 is 10.1 Å². The highest BCUT2D eigenvalue weighted by atomic mass is 19.4. The maximum Gasteiger partial charge on any atom is 0.432 e. The van der Waals surface area contributed by atoms with Crippen molar-refractivity contribution < 1.29 is 40.7 Å². The Morgan fingerprint density at radius 1 is 1.07 bits per heavy atom. The van der Waals surface area contributed by atoms with E-state index in [-0.39, 0.29) is 46.8 Å². The molecule has 2 amide bonds. The molecule has 7 nitrogen and oxygen atoms in total. The van der Waals surface area contributed by atoms with Crippen LogP contribution in [0.25, 0.3) is 11.4 Å². The molecule has 0 unspecified atom stereocenters. The Kier molecular flexibility index (Phi) is 8.60. The Morgan fingerprint density at radius 2 is 1.80 bits per heavy atom. The average Bonchev–Trinajstić information content (AvgIpc) is 3.42. The lowest BCUT2D eigenvalue weighted by Gasteiger charge is -2.31. The molecule has 1 saturated heterocycles. The van der Waals surface area contributed by atoms with Crippen LogP contribution in [0, 0.1) is 17.8 Å². The lowest BCUT2D eigenvalue weighted by atomic mass is 9.98. The van der Waals surface area contributed by atoms with E-state index in [2.05, 4.69) is 27.1 Å². The van der Waals surface area contributed by atoms with E-state index in [0.717, 1.165) is 12.1 Å². The van der Waals surface area contributed by atoms with Crippen molar-refractivity contribution in [3.63, 3.8) is 0 Å². The van der Waals surface area contributed by atoms with Crippen LogP contribution in [0.3, 0.4) is 0 Å². The number of aromatic nitrogens is 2. The number of imidazole rings is 1. The molecule has 216 valence electrons. The number of aromatic amines is 1. The summed E-state index contributed by atoms with van der Waals surface area (Å²) in [6.45, 7) is 2.91. The molecule has 0 radical (unpaired) electrons. The van der Waals surface area contributed by atoms with E-state index in [1.807, 2.05) is 0 Å². The van der Waals surface area contributed by atoms with Crippen LogP contribution in [0.15, 0.2) is 48.7 Å². The number of rotatable bonds is 5. The van der Waals surface area contributed by atoms with Gasteiger partial charge >= 0.3 is 18.3 Å². The van der Waals surface area contributed by atoms with Gasteiger partial charge in [0.05, 0.1) is 24.1 Å². The van der Waals surface area contributed by atoms with Gasteiger partial charge in [0.15, 0.2) is 0 Å². The van der Waals surface area contributed by atoms with Crippen molar-refractivity contribution in [2.45, 2.75) is 32.1 Å². The monoisotopic (exact) mass is 578 g/mol. The molecule has 4 rings (SSSR count). The number of anilines is 1. The number of alkyl halides is 6. The summed E-state index contributed by atoms with van der Waals surface area (Å²) in [6.07, 6.45) is -7.16. The number of hydrogen-bond acceptors (Lipinski definition) is 4. The van der Waals surface area contributed by atoms with Gasteiger partial charge in [0.25, 0.3) is 0 Å². The summed E-state index contributed by atoms with van der Waals surface area (Å²) >= 11 is 0. The second kappa shape index (κ2) is 12.0. The molecule has 41 heavy (non-hydrogen) atoms. The number of amides is 2. The predicted octanol–water partition coefficient (Wildman–Crippen LogP) is 5.74. The van der Waals surface area contributed by atoms with Gasteiger partial charge in [-0.2, -0.15) is 26.3 Å². The van der Waals surface area contributed by atoms with Crippen molar-refractivity contribution in [2.75, 3.05) is 25.0 Å². The fourth-order valence-electron chi connectivity index (χ4n) is 4.19. The number of benzene rings is 2. The van der Waals surface area contributed by atoms with Gasteiger partial charge in [0.1, 0.15) is 17.3 Å². The van der Waals surface area contributed by atoms with Gasteiger partial charge in [-0.3, -0.25) is 9.59 Å². The Morgan fingerprint density at radius 3 is 2.44 bits per heavy atom. The molecule has 1 aliphatic rings. The normalized spacial score (nSPS) is 14.3. The zero-order valence-electron chi connectivity index (χ0n) is 21.6. The van der Waals surface area contributed by atoms with Crippen molar-refractivity contribution in [1.29, 1.82) is 0 Å². The third kappa shape index (κ3) is 7.81. The summed E-state index contributed by atoms with van der Waals surface area (Å²) in [5.41, 5.74) is -1.71. The molecule has 0 bridgehead atoms. The molecular weight excluding hydrogens is 554 g/mol. The minimum Gasteiger partial charge on any atom is -0.491 e. The van der Waals surface area contributed by atoms with Crippen molar-refractivity contribution in [1.82, 2.24) is 14.9 Å². The van der Waals surface area contributed by atoms with Crippen LogP contribution >= 0.6 is 0 Å². The first-order chi connectivity index (χ1) is 19.3. The Labute approximate surface area is 230 Å². The highest BCUT2D eigenvalue weighted by molar-refractivity contribution is 6.05. The standard InChI is InChI=1S/C28H24F6N4O3/c1-17(39)38-11-9-19(10-12-38)16-41-23-7-6-20(26-35-15-24(37-26)28(32,33)34)14-22(23)36-25(40)8-5-18-3-2-4-21(13-18)27(29,30)31/h2-4,6-7,13-15,19H,9-12,16H2,1H3,(H,35,37)(H,36,40). The molecule has 0 atom stereocenters. The third-order valence-electron chi connectivity index (χ3n) is 6.43. The molecule has 3 aromatic rings. The fraction of sp³-hybridized carbons (Fsp3) is 0.321. The largest absolute Gasteiger partial charge is 0.491 e. The summed E-state index contributed by atoms with van der Waals surface area (Å²) in [7, 11) is 0. The first-order valence-electron chi connectivity index (χ1n) is 12.4. The maximum atomic E-state index is 13.0. The summed E-state index contributed by atoms with van der Waals surface area (Å²) in [6, 6.07) is 8.46. The lowest BCUT2D eigenvalue weighted by molar-refractivity contribution is -0.141. The van der Waals surface area contributed by atoms with Gasteiger partial charge in [0, 0.05) is 37.1 Å². The van der Waals surface area contributed by atoms with E-state index in [4.69, 9.17) is 4.74 Å². The minimum atomic E-state index is -4.64. The molecule has 0 spiro atoms. The smallest absolute Gasteiger partial charge is 0.432 e. The molecule has 0 aliphatic carbocycles. The molecule has 13 heteroatoms. The molecule has 2 heterocycles. The lowest BCUT2D eigenvalue weighted by Crippen LogP contribution is -2.38. The van der Waals surface area contributed by atoms with Gasteiger partial charge in [-0.25, -0.2) is 4.98 Å². The van der Waals surface area contributed by atoms with Gasteiger partial charge in [-0.15, -0.1) is 0 Å². The maximum absolute atomic E-state index is 13.0. The van der Waals surface area contributed by atoms with E-state index in [1.165, 1.54) is 37.3 Å². The van der Waals surface area contributed by atoms with E-state index in [1.54, 1.807) is 4.90 Å².